The Labute approximate surface area is 163 Å². The smallest absolute Gasteiger partial charge is 0.244 e. The lowest BCUT2D eigenvalue weighted by atomic mass is 9.91. The second kappa shape index (κ2) is 8.72. The maximum absolute atomic E-state index is 13.5. The number of piperidine rings is 1. The van der Waals surface area contributed by atoms with Crippen molar-refractivity contribution < 1.29 is 13.2 Å². The van der Waals surface area contributed by atoms with Crippen LogP contribution in [0, 0.1) is 5.41 Å². The lowest BCUT2D eigenvalue weighted by Crippen LogP contribution is -2.59. The summed E-state index contributed by atoms with van der Waals surface area (Å²) in [6.45, 7) is 8.24. The van der Waals surface area contributed by atoms with Crippen molar-refractivity contribution in [2.24, 2.45) is 5.41 Å². The van der Waals surface area contributed by atoms with Gasteiger partial charge in [-0.3, -0.25) is 4.79 Å². The van der Waals surface area contributed by atoms with Gasteiger partial charge in [0.05, 0.1) is 0 Å². The zero-order chi connectivity index (χ0) is 18.7. The number of carbonyl (C=O) groups excluding carboxylic acids is 1. The maximum atomic E-state index is 13.5. The number of amides is 1. The third-order valence-corrected chi connectivity index (χ3v) is 6.68. The number of halogens is 1. The largest absolute Gasteiger partial charge is 0.336 e. The summed E-state index contributed by atoms with van der Waals surface area (Å²) in [4.78, 5) is 15.2. The highest BCUT2D eigenvalue weighted by molar-refractivity contribution is 7.92. The van der Waals surface area contributed by atoms with Gasteiger partial charge in [0, 0.05) is 19.3 Å². The van der Waals surface area contributed by atoms with Gasteiger partial charge in [-0.15, -0.1) is 12.4 Å². The number of nitrogens with one attached hydrogen (secondary N) is 1. The van der Waals surface area contributed by atoms with E-state index in [0.717, 1.165) is 5.56 Å². The van der Waals surface area contributed by atoms with E-state index in [1.54, 1.807) is 4.90 Å². The molecule has 0 radical (unpaired) electrons. The average molecular weight is 403 g/mol. The molecular formula is C19H31ClN2O3S. The molecule has 1 aliphatic rings. The van der Waals surface area contributed by atoms with Gasteiger partial charge in [0.1, 0.15) is 0 Å². The van der Waals surface area contributed by atoms with Gasteiger partial charge < -0.3 is 10.2 Å². The molecule has 0 saturated carbocycles. The van der Waals surface area contributed by atoms with E-state index in [9.17, 15) is 13.2 Å². The predicted molar refractivity (Wildman–Crippen MR) is 108 cm³/mol. The summed E-state index contributed by atoms with van der Waals surface area (Å²) in [7, 11) is -3.51. The summed E-state index contributed by atoms with van der Waals surface area (Å²) in [5.41, 5.74) is 0.897. The van der Waals surface area contributed by atoms with Crippen LogP contribution < -0.4 is 5.32 Å². The van der Waals surface area contributed by atoms with E-state index in [1.807, 2.05) is 30.3 Å². The number of benzene rings is 1. The van der Waals surface area contributed by atoms with Crippen LogP contribution in [0.2, 0.25) is 0 Å². The monoisotopic (exact) mass is 402 g/mol. The molecule has 0 aliphatic carbocycles. The van der Waals surface area contributed by atoms with Crippen LogP contribution in [0.1, 0.15) is 39.2 Å². The molecule has 0 bridgehead atoms. The molecule has 1 aromatic rings. The highest BCUT2D eigenvalue weighted by Gasteiger charge is 2.50. The Kier molecular flexibility index (Phi) is 7.69. The van der Waals surface area contributed by atoms with Gasteiger partial charge in [0.25, 0.3) is 0 Å². The molecule has 5 nitrogen and oxygen atoms in total. The molecule has 7 heteroatoms. The fraction of sp³-hybridized carbons (Fsp3) is 0.632. The molecule has 0 spiro atoms. The Morgan fingerprint density at radius 3 is 2.15 bits per heavy atom. The standard InChI is InChI=1S/C19H30N2O3S.ClH/c1-18(2,3)15-21(14-16-8-6-5-7-9-16)17(22)19(25(4,23)24)10-12-20-13-11-19;/h5-9,20H,10-15H2,1-4H3;1H. The molecule has 1 heterocycles. The normalized spacial score (nSPS) is 17.2. The highest BCUT2D eigenvalue weighted by Crippen LogP contribution is 2.32. The first-order valence-corrected chi connectivity index (χ1v) is 10.7. The Morgan fingerprint density at radius 1 is 1.15 bits per heavy atom. The molecule has 0 aromatic heterocycles. The van der Waals surface area contributed by atoms with Gasteiger partial charge in [0.15, 0.2) is 14.6 Å². The van der Waals surface area contributed by atoms with Gasteiger partial charge in [-0.25, -0.2) is 8.42 Å². The van der Waals surface area contributed by atoms with Crippen molar-refractivity contribution in [1.29, 1.82) is 0 Å². The second-order valence-electron chi connectivity index (χ2n) is 8.22. The lowest BCUT2D eigenvalue weighted by Gasteiger charge is -2.40. The summed E-state index contributed by atoms with van der Waals surface area (Å²) >= 11 is 0. The van der Waals surface area contributed by atoms with E-state index in [0.29, 0.717) is 39.0 Å². The number of nitrogens with zero attached hydrogens (tertiary/aromatic N) is 1. The molecule has 1 fully saturated rings. The van der Waals surface area contributed by atoms with Gasteiger partial charge in [-0.1, -0.05) is 51.1 Å². The van der Waals surface area contributed by atoms with Crippen LogP contribution in [0.25, 0.3) is 0 Å². The second-order valence-corrected chi connectivity index (χ2v) is 10.5. The Bertz CT molecular complexity index is 693. The lowest BCUT2D eigenvalue weighted by molar-refractivity contribution is -0.136. The van der Waals surface area contributed by atoms with Crippen molar-refractivity contribution in [2.75, 3.05) is 25.9 Å². The summed E-state index contributed by atoms with van der Waals surface area (Å²) in [6.07, 6.45) is 1.87. The van der Waals surface area contributed by atoms with Crippen LogP contribution in [-0.2, 0) is 21.2 Å². The zero-order valence-corrected chi connectivity index (χ0v) is 17.8. The number of sulfone groups is 1. The van der Waals surface area contributed by atoms with E-state index in [-0.39, 0.29) is 23.7 Å². The molecule has 1 aromatic carbocycles. The number of carbonyl (C=O) groups is 1. The van der Waals surface area contributed by atoms with Crippen LogP contribution in [0.4, 0.5) is 0 Å². The highest BCUT2D eigenvalue weighted by atomic mass is 35.5. The van der Waals surface area contributed by atoms with Crippen molar-refractivity contribution >= 4 is 28.2 Å². The fourth-order valence-electron chi connectivity index (χ4n) is 3.44. The third-order valence-electron chi connectivity index (χ3n) is 4.68. The van der Waals surface area contributed by atoms with E-state index in [4.69, 9.17) is 0 Å². The zero-order valence-electron chi connectivity index (χ0n) is 16.1. The van der Waals surface area contributed by atoms with Crippen LogP contribution in [0.3, 0.4) is 0 Å². The minimum absolute atomic E-state index is 0. The number of rotatable bonds is 5. The quantitative estimate of drug-likeness (QED) is 0.822. The van der Waals surface area contributed by atoms with E-state index in [1.165, 1.54) is 6.26 Å². The summed E-state index contributed by atoms with van der Waals surface area (Å²) < 4.78 is 23.9. The van der Waals surface area contributed by atoms with Crippen molar-refractivity contribution in [1.82, 2.24) is 10.2 Å². The van der Waals surface area contributed by atoms with Gasteiger partial charge >= 0.3 is 0 Å². The van der Waals surface area contributed by atoms with E-state index < -0.39 is 14.6 Å². The molecule has 2 rings (SSSR count). The van der Waals surface area contributed by atoms with Crippen LogP contribution in [0.5, 0.6) is 0 Å². The first-order valence-electron chi connectivity index (χ1n) is 8.79. The van der Waals surface area contributed by atoms with Crippen LogP contribution in [0.15, 0.2) is 30.3 Å². The molecule has 0 atom stereocenters. The Hall–Kier alpha value is -1.11. The fourth-order valence-corrected chi connectivity index (χ4v) is 4.83. The molecule has 1 amide bonds. The molecule has 26 heavy (non-hydrogen) atoms. The molecule has 148 valence electrons. The predicted octanol–water partition coefficient (Wildman–Crippen LogP) is 2.65. The topological polar surface area (TPSA) is 66.5 Å². The van der Waals surface area contributed by atoms with Crippen LogP contribution in [-0.4, -0.2) is 49.9 Å². The Balaban J connectivity index is 0.00000338. The number of hydrogen-bond donors (Lipinski definition) is 1. The molecular weight excluding hydrogens is 372 g/mol. The summed E-state index contributed by atoms with van der Waals surface area (Å²) in [5, 5.41) is 3.17. The molecule has 1 N–H and O–H groups in total. The average Bonchev–Trinajstić information content (AvgIpc) is 2.53. The minimum atomic E-state index is -3.51. The first-order chi connectivity index (χ1) is 11.6. The molecule has 0 unspecified atom stereocenters. The maximum Gasteiger partial charge on any atom is 0.244 e. The van der Waals surface area contributed by atoms with E-state index >= 15 is 0 Å². The summed E-state index contributed by atoms with van der Waals surface area (Å²) in [5.74, 6) is -0.254. The first kappa shape index (κ1) is 22.9. The molecule has 1 saturated heterocycles. The Morgan fingerprint density at radius 2 is 1.69 bits per heavy atom. The van der Waals surface area contributed by atoms with Crippen molar-refractivity contribution in [3.05, 3.63) is 35.9 Å². The minimum Gasteiger partial charge on any atom is -0.336 e. The third kappa shape index (κ3) is 5.44. The number of hydrogen-bond acceptors (Lipinski definition) is 4. The van der Waals surface area contributed by atoms with Crippen molar-refractivity contribution in [3.63, 3.8) is 0 Å². The molecule has 1 aliphatic heterocycles. The SMILES string of the molecule is CC(C)(C)CN(Cc1ccccc1)C(=O)C1(S(C)(=O)=O)CCNCC1.Cl. The van der Waals surface area contributed by atoms with Gasteiger partial charge in [0.2, 0.25) is 5.91 Å². The van der Waals surface area contributed by atoms with Crippen molar-refractivity contribution in [3.8, 4) is 0 Å². The summed E-state index contributed by atoms with van der Waals surface area (Å²) in [6, 6.07) is 9.75. The van der Waals surface area contributed by atoms with Crippen LogP contribution >= 0.6 is 12.4 Å². The van der Waals surface area contributed by atoms with Gasteiger partial charge in [-0.2, -0.15) is 0 Å². The van der Waals surface area contributed by atoms with Crippen molar-refractivity contribution in [2.45, 2.75) is 44.9 Å². The van der Waals surface area contributed by atoms with E-state index in [2.05, 4.69) is 26.1 Å². The van der Waals surface area contributed by atoms with Gasteiger partial charge in [-0.05, 0) is 36.9 Å².